The summed E-state index contributed by atoms with van der Waals surface area (Å²) in [5, 5.41) is 20.0. The summed E-state index contributed by atoms with van der Waals surface area (Å²) < 4.78 is 24.6. The summed E-state index contributed by atoms with van der Waals surface area (Å²) in [6.45, 7) is -3.22. The highest BCUT2D eigenvalue weighted by Gasteiger charge is 2.41. The van der Waals surface area contributed by atoms with Gasteiger partial charge in [-0.05, 0) is 24.8 Å². The number of aliphatic hydroxyl groups is 2. The van der Waals surface area contributed by atoms with Crippen molar-refractivity contribution in [2.24, 2.45) is 0 Å². The Morgan fingerprint density at radius 1 is 1.25 bits per heavy atom. The Morgan fingerprint density at radius 3 is 2.64 bits per heavy atom. The van der Waals surface area contributed by atoms with E-state index in [1.165, 1.54) is 30.0 Å². The third kappa shape index (κ3) is 5.82. The van der Waals surface area contributed by atoms with Crippen molar-refractivity contribution in [1.29, 1.82) is 0 Å². The van der Waals surface area contributed by atoms with E-state index < -0.39 is 67.1 Å². The van der Waals surface area contributed by atoms with E-state index in [1.54, 1.807) is 0 Å². The Labute approximate surface area is 208 Å². The minimum Gasteiger partial charge on any atom is -0.394 e. The zero-order chi connectivity index (χ0) is 26.2. The van der Waals surface area contributed by atoms with Gasteiger partial charge in [0, 0.05) is 30.8 Å². The monoisotopic (exact) mass is 547 g/mol. The topological polar surface area (TPSA) is 213 Å². The van der Waals surface area contributed by atoms with Crippen LogP contribution in [0.4, 0.5) is 5.82 Å². The third-order valence-electron chi connectivity index (χ3n) is 5.85. The van der Waals surface area contributed by atoms with Gasteiger partial charge in [0.2, 0.25) is 0 Å². The molecule has 15 nitrogen and oxygen atoms in total. The molecule has 2 saturated heterocycles. The maximum Gasteiger partial charge on any atom is 0.351 e. The molecule has 1 unspecified atom stereocenters. The van der Waals surface area contributed by atoms with E-state index in [0.29, 0.717) is 5.56 Å². The first-order chi connectivity index (χ1) is 17.0. The number of H-pyrrole nitrogens is 1. The smallest absolute Gasteiger partial charge is 0.351 e. The third-order valence-corrected chi connectivity index (χ3v) is 7.44. The molecule has 0 amide bonds. The Morgan fingerprint density at radius 2 is 1.94 bits per heavy atom. The quantitative estimate of drug-likeness (QED) is 0.232. The average Bonchev–Trinajstić information content (AvgIpc) is 3.37. The van der Waals surface area contributed by atoms with E-state index in [-0.39, 0.29) is 25.3 Å². The Bertz CT molecular complexity index is 1330. The first kappa shape index (κ1) is 26.8. The van der Waals surface area contributed by atoms with Crippen LogP contribution in [-0.4, -0.2) is 71.8 Å². The van der Waals surface area contributed by atoms with Gasteiger partial charge in [-0.3, -0.25) is 18.9 Å². The number of aliphatic hydroxyl groups excluding tert-OH is 2. The van der Waals surface area contributed by atoms with Gasteiger partial charge in [-0.1, -0.05) is 0 Å². The maximum atomic E-state index is 12.1. The van der Waals surface area contributed by atoms with E-state index >= 15 is 0 Å². The first-order valence-corrected chi connectivity index (χ1v) is 13.5. The van der Waals surface area contributed by atoms with Gasteiger partial charge >= 0.3 is 18.1 Å². The van der Waals surface area contributed by atoms with Crippen molar-refractivity contribution < 1.29 is 33.6 Å². The number of hydrogen-bond donors (Lipinski definition) is 5. The van der Waals surface area contributed by atoms with Gasteiger partial charge < -0.3 is 39.4 Å². The maximum absolute atomic E-state index is 12.1. The van der Waals surface area contributed by atoms with E-state index in [2.05, 4.69) is 9.97 Å². The molecule has 0 bridgehead atoms. The highest BCUT2D eigenvalue weighted by atomic mass is 32.5. The molecule has 4 rings (SSSR count). The zero-order valence-corrected chi connectivity index (χ0v) is 20.7. The number of nitrogens with one attached hydrogen (secondary N) is 1. The number of nitrogen functional groups attached to an aromatic ring is 1. The predicted octanol–water partition coefficient (Wildman–Crippen LogP) is -1.77. The fourth-order valence-corrected chi connectivity index (χ4v) is 5.47. The van der Waals surface area contributed by atoms with Gasteiger partial charge in [-0.2, -0.15) is 4.98 Å². The van der Waals surface area contributed by atoms with Gasteiger partial charge in [-0.25, -0.2) is 9.59 Å². The van der Waals surface area contributed by atoms with Crippen LogP contribution in [-0.2, 0) is 30.3 Å². The molecule has 2 aromatic heterocycles. The van der Waals surface area contributed by atoms with Crippen LogP contribution in [0.3, 0.4) is 0 Å². The van der Waals surface area contributed by atoms with E-state index in [1.807, 2.05) is 0 Å². The normalized spacial score (nSPS) is 29.9. The fraction of sp³-hybridized carbons (Fsp3) is 0.579. The largest absolute Gasteiger partial charge is 0.394 e. The lowest BCUT2D eigenvalue weighted by Crippen LogP contribution is -2.33. The molecule has 0 spiro atoms. The molecule has 0 aliphatic carbocycles. The molecule has 4 heterocycles. The summed E-state index contributed by atoms with van der Waals surface area (Å²) in [7, 11) is 0. The highest BCUT2D eigenvalue weighted by Crippen LogP contribution is 2.49. The highest BCUT2D eigenvalue weighted by molar-refractivity contribution is 8.07. The summed E-state index contributed by atoms with van der Waals surface area (Å²) in [5.41, 5.74) is 3.92. The SMILES string of the molecule is Cc1cn([C@H]2C[C@@H](O)[C@@H](COP(O)(=S)O[C@@H]3C[C@H](n4ccc(N)nc4=O)O[C@@H]3CO)O2)c(=O)[nH]c1=O. The van der Waals surface area contributed by atoms with E-state index in [0.717, 1.165) is 4.57 Å². The van der Waals surface area contributed by atoms with Crippen LogP contribution < -0.4 is 22.7 Å². The van der Waals surface area contributed by atoms with Crippen LogP contribution in [0, 0.1) is 6.92 Å². The standard InChI is InChI=1S/C19H26N5O10PS/c1-9-6-24(19(29)22-17(9)27)15-4-10(26)13(33-15)8-31-35(30,36)34-11-5-16(32-12(11)7-25)23-3-2-14(20)21-18(23)28/h2-3,6,10-13,15-16,25-26H,4-5,7-8H2,1H3,(H,30,36)(H2,20,21,28)(H,22,27,29)/t10-,11-,12-,13-,15-,16-,35?/m1/s1. The van der Waals surface area contributed by atoms with Crippen LogP contribution in [0.5, 0.6) is 0 Å². The number of nitrogens with zero attached hydrogens (tertiary/aromatic N) is 3. The average molecular weight is 547 g/mol. The lowest BCUT2D eigenvalue weighted by Gasteiger charge is -2.24. The molecule has 2 aliphatic rings. The molecule has 17 heteroatoms. The molecule has 36 heavy (non-hydrogen) atoms. The van der Waals surface area contributed by atoms with E-state index in [4.69, 9.17) is 36.1 Å². The molecule has 198 valence electrons. The molecule has 2 aromatic rings. The van der Waals surface area contributed by atoms with Gasteiger partial charge in [0.25, 0.3) is 5.56 Å². The lowest BCUT2D eigenvalue weighted by molar-refractivity contribution is -0.0531. The number of ether oxygens (including phenoxy) is 2. The summed E-state index contributed by atoms with van der Waals surface area (Å²) in [5.74, 6) is 0.0409. The second kappa shape index (κ2) is 10.6. The predicted molar refractivity (Wildman–Crippen MR) is 126 cm³/mol. The Balaban J connectivity index is 1.37. The molecule has 0 aromatic carbocycles. The van der Waals surface area contributed by atoms with Crippen LogP contribution >= 0.6 is 6.72 Å². The lowest BCUT2D eigenvalue weighted by atomic mass is 10.2. The molecule has 0 saturated carbocycles. The molecule has 2 fully saturated rings. The first-order valence-electron chi connectivity index (χ1n) is 10.9. The minimum absolute atomic E-state index is 0.0314. The van der Waals surface area contributed by atoms with Gasteiger partial charge in [-0.15, -0.1) is 0 Å². The van der Waals surface area contributed by atoms with Crippen molar-refractivity contribution in [2.75, 3.05) is 18.9 Å². The van der Waals surface area contributed by atoms with Crippen molar-refractivity contribution in [1.82, 2.24) is 19.1 Å². The molecule has 0 radical (unpaired) electrons. The summed E-state index contributed by atoms with van der Waals surface area (Å²) in [4.78, 5) is 52.2. The molecule has 2 aliphatic heterocycles. The zero-order valence-electron chi connectivity index (χ0n) is 19.0. The van der Waals surface area contributed by atoms with Crippen molar-refractivity contribution >= 4 is 24.3 Å². The Kier molecular flexibility index (Phi) is 7.89. The van der Waals surface area contributed by atoms with Gasteiger partial charge in [0.1, 0.15) is 30.5 Å². The molecule has 7 atom stereocenters. The number of nitrogens with two attached hydrogens (primary N) is 1. The van der Waals surface area contributed by atoms with Crippen LogP contribution in [0.25, 0.3) is 0 Å². The second-order valence-corrected chi connectivity index (χ2v) is 11.2. The minimum atomic E-state index is -3.91. The Hall–Kier alpha value is -2.27. The van der Waals surface area contributed by atoms with Crippen LogP contribution in [0.2, 0.25) is 0 Å². The summed E-state index contributed by atoms with van der Waals surface area (Å²) >= 11 is 5.08. The fourth-order valence-electron chi connectivity index (χ4n) is 4.00. The molecular weight excluding hydrogens is 521 g/mol. The van der Waals surface area contributed by atoms with Crippen molar-refractivity contribution in [2.45, 2.75) is 56.6 Å². The summed E-state index contributed by atoms with van der Waals surface area (Å²) in [6.07, 6.45) is -2.74. The van der Waals surface area contributed by atoms with Crippen molar-refractivity contribution in [3.05, 3.63) is 55.3 Å². The number of hydrogen-bond acceptors (Lipinski definition) is 12. The van der Waals surface area contributed by atoms with E-state index in [9.17, 15) is 29.5 Å². The van der Waals surface area contributed by atoms with Crippen molar-refractivity contribution in [3.8, 4) is 0 Å². The van der Waals surface area contributed by atoms with Gasteiger partial charge in [0.05, 0.1) is 25.4 Å². The van der Waals surface area contributed by atoms with Crippen molar-refractivity contribution in [3.63, 3.8) is 0 Å². The molecule has 6 N–H and O–H groups in total. The number of anilines is 1. The van der Waals surface area contributed by atoms with Crippen LogP contribution in [0.1, 0.15) is 30.9 Å². The number of aromatic nitrogens is 4. The summed E-state index contributed by atoms with van der Waals surface area (Å²) in [6, 6.07) is 1.41. The second-order valence-electron chi connectivity index (χ2n) is 8.41. The number of aromatic amines is 1. The van der Waals surface area contributed by atoms with Crippen LogP contribution in [0.15, 0.2) is 32.8 Å². The van der Waals surface area contributed by atoms with Gasteiger partial charge in [0.15, 0.2) is 0 Å². The number of rotatable bonds is 8. The number of aryl methyl sites for hydroxylation is 1. The molecular formula is C19H26N5O10PS.